The molecule has 0 saturated heterocycles. The van der Waals surface area contributed by atoms with Crippen LogP contribution in [-0.4, -0.2) is 17.0 Å². The zero-order chi connectivity index (χ0) is 13.9. The number of carboxylic acid groups (broad SMARTS) is 1. The van der Waals surface area contributed by atoms with Gasteiger partial charge in [0.25, 0.3) is 0 Å². The van der Waals surface area contributed by atoms with Gasteiger partial charge in [-0.2, -0.15) is 13.2 Å². The SMILES string of the molecule is O=C(O)CC(=O)Nc1ccc(Br)c(C(F)(F)F)c1. The first-order valence-corrected chi connectivity index (χ1v) is 5.38. The maximum atomic E-state index is 12.5. The van der Waals surface area contributed by atoms with E-state index < -0.39 is 30.0 Å². The average Bonchev–Trinajstić information content (AvgIpc) is 2.17. The highest BCUT2D eigenvalue weighted by molar-refractivity contribution is 9.10. The Bertz CT molecular complexity index is 488. The van der Waals surface area contributed by atoms with Crippen molar-refractivity contribution in [3.63, 3.8) is 0 Å². The van der Waals surface area contributed by atoms with Gasteiger partial charge in [0, 0.05) is 10.2 Å². The van der Waals surface area contributed by atoms with Gasteiger partial charge in [-0.3, -0.25) is 9.59 Å². The third-order valence-electron chi connectivity index (χ3n) is 1.87. The third-order valence-corrected chi connectivity index (χ3v) is 2.56. The second kappa shape index (κ2) is 5.38. The average molecular weight is 326 g/mol. The number of hydrogen-bond donors (Lipinski definition) is 2. The Kier molecular flexibility index (Phi) is 4.33. The van der Waals surface area contributed by atoms with Crippen LogP contribution < -0.4 is 5.32 Å². The minimum atomic E-state index is -4.56. The van der Waals surface area contributed by atoms with E-state index in [1.807, 2.05) is 0 Å². The topological polar surface area (TPSA) is 66.4 Å². The fraction of sp³-hybridized carbons (Fsp3) is 0.200. The van der Waals surface area contributed by atoms with Gasteiger partial charge < -0.3 is 10.4 Å². The molecule has 1 aromatic carbocycles. The lowest BCUT2D eigenvalue weighted by Crippen LogP contribution is -2.16. The summed E-state index contributed by atoms with van der Waals surface area (Å²) in [6.07, 6.45) is -5.37. The van der Waals surface area contributed by atoms with Crippen LogP contribution in [0.2, 0.25) is 0 Å². The molecule has 2 N–H and O–H groups in total. The quantitative estimate of drug-likeness (QED) is 0.840. The molecule has 1 rings (SSSR count). The Morgan fingerprint density at radius 3 is 2.44 bits per heavy atom. The van der Waals surface area contributed by atoms with E-state index >= 15 is 0 Å². The Morgan fingerprint density at radius 2 is 1.94 bits per heavy atom. The zero-order valence-electron chi connectivity index (χ0n) is 8.71. The fourth-order valence-corrected chi connectivity index (χ4v) is 1.63. The molecular weight excluding hydrogens is 319 g/mol. The fourth-order valence-electron chi connectivity index (χ4n) is 1.16. The molecule has 0 saturated carbocycles. The second-order valence-corrected chi connectivity index (χ2v) is 4.17. The van der Waals surface area contributed by atoms with Crippen molar-refractivity contribution in [2.45, 2.75) is 12.6 Å². The highest BCUT2D eigenvalue weighted by Crippen LogP contribution is 2.36. The van der Waals surface area contributed by atoms with E-state index in [2.05, 4.69) is 21.2 Å². The molecule has 0 spiro atoms. The van der Waals surface area contributed by atoms with E-state index in [0.29, 0.717) is 0 Å². The summed E-state index contributed by atoms with van der Waals surface area (Å²) >= 11 is 2.75. The molecule has 4 nitrogen and oxygen atoms in total. The van der Waals surface area contributed by atoms with Crippen LogP contribution in [0.4, 0.5) is 18.9 Å². The van der Waals surface area contributed by atoms with Crippen LogP contribution in [0.25, 0.3) is 0 Å². The van der Waals surface area contributed by atoms with Crippen molar-refractivity contribution in [2.75, 3.05) is 5.32 Å². The number of anilines is 1. The minimum Gasteiger partial charge on any atom is -0.481 e. The summed E-state index contributed by atoms with van der Waals surface area (Å²) in [5, 5.41) is 10.4. The van der Waals surface area contributed by atoms with Crippen molar-refractivity contribution >= 4 is 33.5 Å². The first kappa shape index (κ1) is 14.5. The predicted octanol–water partition coefficient (Wildman–Crippen LogP) is 2.88. The molecule has 0 radical (unpaired) electrons. The van der Waals surface area contributed by atoms with Crippen molar-refractivity contribution in [3.05, 3.63) is 28.2 Å². The van der Waals surface area contributed by atoms with E-state index in [0.717, 1.165) is 12.1 Å². The first-order chi connectivity index (χ1) is 8.20. The normalized spacial score (nSPS) is 11.1. The van der Waals surface area contributed by atoms with Crippen LogP contribution in [0.3, 0.4) is 0 Å². The van der Waals surface area contributed by atoms with Crippen molar-refractivity contribution in [2.24, 2.45) is 0 Å². The molecule has 0 atom stereocenters. The van der Waals surface area contributed by atoms with Crippen LogP contribution in [0, 0.1) is 0 Å². The highest BCUT2D eigenvalue weighted by atomic mass is 79.9. The van der Waals surface area contributed by atoms with Crippen LogP contribution in [0.5, 0.6) is 0 Å². The molecular formula is C10H7BrF3NO3. The number of carbonyl (C=O) groups excluding carboxylic acids is 1. The van der Waals surface area contributed by atoms with E-state index in [9.17, 15) is 22.8 Å². The number of amides is 1. The van der Waals surface area contributed by atoms with Crippen LogP contribution >= 0.6 is 15.9 Å². The number of benzene rings is 1. The van der Waals surface area contributed by atoms with Gasteiger partial charge in [0.1, 0.15) is 6.42 Å². The van der Waals surface area contributed by atoms with Gasteiger partial charge in [0.05, 0.1) is 5.56 Å². The first-order valence-electron chi connectivity index (χ1n) is 4.58. The standard InChI is InChI=1S/C10H7BrF3NO3/c11-7-2-1-5(3-6(7)10(12,13)14)15-8(16)4-9(17)18/h1-3H,4H2,(H,15,16)(H,17,18). The number of carboxylic acids is 1. The van der Waals surface area contributed by atoms with E-state index in [4.69, 9.17) is 5.11 Å². The molecule has 0 aliphatic carbocycles. The Morgan fingerprint density at radius 1 is 1.33 bits per heavy atom. The molecule has 0 aromatic heterocycles. The van der Waals surface area contributed by atoms with Crippen LogP contribution in [0.1, 0.15) is 12.0 Å². The Balaban J connectivity index is 2.92. The molecule has 0 aliphatic heterocycles. The molecule has 98 valence electrons. The van der Waals surface area contributed by atoms with Crippen molar-refractivity contribution in [3.8, 4) is 0 Å². The zero-order valence-corrected chi connectivity index (χ0v) is 10.3. The molecule has 0 heterocycles. The molecule has 0 unspecified atom stereocenters. The summed E-state index contributed by atoms with van der Waals surface area (Å²) < 4.78 is 37.5. The summed E-state index contributed by atoms with van der Waals surface area (Å²) in [4.78, 5) is 21.3. The number of hydrogen-bond acceptors (Lipinski definition) is 2. The summed E-state index contributed by atoms with van der Waals surface area (Å²) in [6.45, 7) is 0. The van der Waals surface area contributed by atoms with Gasteiger partial charge in [0.15, 0.2) is 0 Å². The van der Waals surface area contributed by atoms with Gasteiger partial charge >= 0.3 is 12.1 Å². The number of carbonyl (C=O) groups is 2. The van der Waals surface area contributed by atoms with Gasteiger partial charge in [-0.05, 0) is 18.2 Å². The molecule has 0 bridgehead atoms. The second-order valence-electron chi connectivity index (χ2n) is 3.31. The van der Waals surface area contributed by atoms with Crippen LogP contribution in [-0.2, 0) is 15.8 Å². The number of alkyl halides is 3. The van der Waals surface area contributed by atoms with Crippen LogP contribution in [0.15, 0.2) is 22.7 Å². The van der Waals surface area contributed by atoms with Crippen molar-refractivity contribution < 1.29 is 27.9 Å². The molecule has 0 fully saturated rings. The number of nitrogens with one attached hydrogen (secondary N) is 1. The predicted molar refractivity (Wildman–Crippen MR) is 60.0 cm³/mol. The number of halogens is 4. The van der Waals surface area contributed by atoms with E-state index in [-0.39, 0.29) is 10.2 Å². The Hall–Kier alpha value is -1.57. The largest absolute Gasteiger partial charge is 0.481 e. The maximum Gasteiger partial charge on any atom is 0.417 e. The molecule has 18 heavy (non-hydrogen) atoms. The summed E-state index contributed by atoms with van der Waals surface area (Å²) in [7, 11) is 0. The highest BCUT2D eigenvalue weighted by Gasteiger charge is 2.33. The van der Waals surface area contributed by atoms with E-state index in [1.165, 1.54) is 6.07 Å². The number of rotatable bonds is 3. The molecule has 1 aromatic rings. The number of aliphatic carboxylic acids is 1. The van der Waals surface area contributed by atoms with Crippen molar-refractivity contribution in [1.82, 2.24) is 0 Å². The van der Waals surface area contributed by atoms with Crippen molar-refractivity contribution in [1.29, 1.82) is 0 Å². The lowest BCUT2D eigenvalue weighted by Gasteiger charge is -2.11. The molecule has 1 amide bonds. The lowest BCUT2D eigenvalue weighted by atomic mass is 10.2. The Labute approximate surface area is 108 Å². The monoisotopic (exact) mass is 325 g/mol. The molecule has 0 aliphatic rings. The van der Waals surface area contributed by atoms with Gasteiger partial charge in [0.2, 0.25) is 5.91 Å². The third kappa shape index (κ3) is 4.02. The smallest absolute Gasteiger partial charge is 0.417 e. The van der Waals surface area contributed by atoms with E-state index in [1.54, 1.807) is 0 Å². The summed E-state index contributed by atoms with van der Waals surface area (Å²) in [5.41, 5.74) is -1.06. The molecule has 8 heteroatoms. The van der Waals surface area contributed by atoms with Gasteiger partial charge in [-0.15, -0.1) is 0 Å². The maximum absolute atomic E-state index is 12.5. The summed E-state index contributed by atoms with van der Waals surface area (Å²) in [5.74, 6) is -2.25. The van der Waals surface area contributed by atoms with Gasteiger partial charge in [-0.25, -0.2) is 0 Å². The lowest BCUT2D eigenvalue weighted by molar-refractivity contribution is -0.140. The summed E-state index contributed by atoms with van der Waals surface area (Å²) in [6, 6.07) is 3.09. The minimum absolute atomic E-state index is 0.114. The van der Waals surface area contributed by atoms with Gasteiger partial charge in [-0.1, -0.05) is 15.9 Å².